The van der Waals surface area contributed by atoms with Crippen LogP contribution in [0.2, 0.25) is 0 Å². The summed E-state index contributed by atoms with van der Waals surface area (Å²) in [5.74, 6) is 0. The molecule has 0 nitrogen and oxygen atoms in total. The Morgan fingerprint density at radius 2 is 1.25 bits per heavy atom. The van der Waals surface area contributed by atoms with Crippen LogP contribution in [0.5, 0.6) is 0 Å². The van der Waals surface area contributed by atoms with Gasteiger partial charge in [0.05, 0.1) is 0 Å². The molecule has 2 rings (SSSR count). The van der Waals surface area contributed by atoms with E-state index in [1.54, 1.807) is 6.08 Å². The lowest BCUT2D eigenvalue weighted by Crippen LogP contribution is -1.91. The predicted octanol–water partition coefficient (Wildman–Crippen LogP) is 6.64. The van der Waals surface area contributed by atoms with Gasteiger partial charge in [0.25, 0.3) is 0 Å². The number of benzene rings is 2. The van der Waals surface area contributed by atoms with Gasteiger partial charge in [-0.05, 0) is 33.4 Å². The van der Waals surface area contributed by atoms with Gasteiger partial charge in [0.15, 0.2) is 0 Å². The minimum Gasteiger partial charge on any atom is -0.0990 e. The maximum absolute atomic E-state index is 4.20. The highest BCUT2D eigenvalue weighted by Gasteiger charge is 2.07. The Labute approximate surface area is 145 Å². The van der Waals surface area contributed by atoms with Gasteiger partial charge in [-0.1, -0.05) is 111 Å². The number of rotatable bonds is 7. The molecular formula is C24H22. The van der Waals surface area contributed by atoms with Gasteiger partial charge in [0.2, 0.25) is 0 Å². The maximum atomic E-state index is 4.20. The number of hydrogen-bond donors (Lipinski definition) is 0. The molecule has 0 fully saturated rings. The van der Waals surface area contributed by atoms with Gasteiger partial charge in [-0.25, -0.2) is 0 Å². The van der Waals surface area contributed by atoms with Crippen LogP contribution in [0.3, 0.4) is 0 Å². The van der Waals surface area contributed by atoms with Crippen molar-refractivity contribution >= 4 is 11.1 Å². The first-order chi connectivity index (χ1) is 11.6. The lowest BCUT2D eigenvalue weighted by atomic mass is 9.93. The first kappa shape index (κ1) is 17.2. The van der Waals surface area contributed by atoms with Gasteiger partial charge in [-0.15, -0.1) is 0 Å². The zero-order valence-corrected chi connectivity index (χ0v) is 13.9. The van der Waals surface area contributed by atoms with Gasteiger partial charge in [0, 0.05) is 0 Å². The molecule has 24 heavy (non-hydrogen) atoms. The second kappa shape index (κ2) is 8.50. The molecule has 0 aliphatic heterocycles. The molecule has 0 unspecified atom stereocenters. The van der Waals surface area contributed by atoms with E-state index in [1.165, 1.54) is 0 Å². The molecule has 0 spiro atoms. The molecule has 0 heteroatoms. The van der Waals surface area contributed by atoms with Crippen LogP contribution in [0, 0.1) is 0 Å². The SMILES string of the molecule is C=C/C=C(\C(=C)C(=C)/C=C\C(=C)c1ccccc1)c1ccccc1. The molecule has 0 radical (unpaired) electrons. The zero-order valence-electron chi connectivity index (χ0n) is 13.9. The molecule has 2 aromatic carbocycles. The van der Waals surface area contributed by atoms with Crippen LogP contribution in [-0.2, 0) is 0 Å². The Bertz CT molecular complexity index is 800. The van der Waals surface area contributed by atoms with E-state index in [-0.39, 0.29) is 0 Å². The quantitative estimate of drug-likeness (QED) is 0.503. The molecule has 0 saturated heterocycles. The largest absolute Gasteiger partial charge is 0.0990 e. The number of hydrogen-bond acceptors (Lipinski definition) is 0. The smallest absolute Gasteiger partial charge is 0.0112 e. The van der Waals surface area contributed by atoms with Crippen molar-refractivity contribution in [1.82, 2.24) is 0 Å². The van der Waals surface area contributed by atoms with E-state index in [1.807, 2.05) is 66.8 Å². The van der Waals surface area contributed by atoms with E-state index in [4.69, 9.17) is 0 Å². The van der Waals surface area contributed by atoms with Crippen molar-refractivity contribution in [3.8, 4) is 0 Å². The van der Waals surface area contributed by atoms with Crippen LogP contribution < -0.4 is 0 Å². The van der Waals surface area contributed by atoms with Gasteiger partial charge in [-0.3, -0.25) is 0 Å². The summed E-state index contributed by atoms with van der Waals surface area (Å²) in [6.45, 7) is 16.3. The summed E-state index contributed by atoms with van der Waals surface area (Å²) in [4.78, 5) is 0. The van der Waals surface area contributed by atoms with Crippen molar-refractivity contribution in [3.63, 3.8) is 0 Å². The Morgan fingerprint density at radius 3 is 1.79 bits per heavy atom. The summed E-state index contributed by atoms with van der Waals surface area (Å²) in [6, 6.07) is 20.2. The third kappa shape index (κ3) is 4.44. The Morgan fingerprint density at radius 1 is 0.708 bits per heavy atom. The monoisotopic (exact) mass is 310 g/mol. The summed E-state index contributed by atoms with van der Waals surface area (Å²) in [6.07, 6.45) is 7.66. The second-order valence-electron chi connectivity index (χ2n) is 5.41. The van der Waals surface area contributed by atoms with Crippen LogP contribution in [0.25, 0.3) is 11.1 Å². The van der Waals surface area contributed by atoms with E-state index < -0.39 is 0 Å². The van der Waals surface area contributed by atoms with E-state index in [9.17, 15) is 0 Å². The van der Waals surface area contributed by atoms with Gasteiger partial charge in [-0.2, -0.15) is 0 Å². The minimum atomic E-state index is 0.851. The molecular weight excluding hydrogens is 288 g/mol. The maximum Gasteiger partial charge on any atom is -0.0112 e. The van der Waals surface area contributed by atoms with E-state index >= 15 is 0 Å². The lowest BCUT2D eigenvalue weighted by molar-refractivity contribution is 1.54. The summed E-state index contributed by atoms with van der Waals surface area (Å²) >= 11 is 0. The van der Waals surface area contributed by atoms with Crippen LogP contribution in [0.1, 0.15) is 11.1 Å². The fraction of sp³-hybridized carbons (Fsp3) is 0. The standard InChI is InChI=1S/C24H22/c1-5-12-24(23-15-10-7-11-16-23)21(4)19(2)17-18-20(3)22-13-8-6-9-14-22/h5-18H,1-4H2/b18-17-,24-12+. The van der Waals surface area contributed by atoms with Crippen molar-refractivity contribution < 1.29 is 0 Å². The fourth-order valence-electron chi connectivity index (χ4n) is 2.33. The summed E-state index contributed by atoms with van der Waals surface area (Å²) < 4.78 is 0. The van der Waals surface area contributed by atoms with Crippen LogP contribution >= 0.6 is 0 Å². The van der Waals surface area contributed by atoms with E-state index in [0.29, 0.717) is 0 Å². The predicted molar refractivity (Wildman–Crippen MR) is 108 cm³/mol. The van der Waals surface area contributed by atoms with Crippen LogP contribution in [-0.4, -0.2) is 0 Å². The molecule has 0 aromatic heterocycles. The zero-order chi connectivity index (χ0) is 17.4. The Balaban J connectivity index is 2.17. The average molecular weight is 310 g/mol. The highest BCUT2D eigenvalue weighted by atomic mass is 14.1. The second-order valence-corrected chi connectivity index (χ2v) is 5.41. The van der Waals surface area contributed by atoms with Gasteiger partial charge < -0.3 is 0 Å². The Hall–Kier alpha value is -3.12. The third-order valence-corrected chi connectivity index (χ3v) is 3.71. The molecule has 118 valence electrons. The molecule has 0 N–H and O–H groups in total. The van der Waals surface area contributed by atoms with Crippen LogP contribution in [0.4, 0.5) is 0 Å². The van der Waals surface area contributed by atoms with Gasteiger partial charge in [0.1, 0.15) is 0 Å². The Kier molecular flexibility index (Phi) is 6.10. The fourth-order valence-corrected chi connectivity index (χ4v) is 2.33. The normalized spacial score (nSPS) is 11.2. The van der Waals surface area contributed by atoms with Crippen molar-refractivity contribution in [2.75, 3.05) is 0 Å². The highest BCUT2D eigenvalue weighted by Crippen LogP contribution is 2.27. The van der Waals surface area contributed by atoms with E-state index in [2.05, 4.69) is 38.4 Å². The topological polar surface area (TPSA) is 0 Å². The minimum absolute atomic E-state index is 0.851. The van der Waals surface area contributed by atoms with E-state index in [0.717, 1.165) is 33.4 Å². The molecule has 0 heterocycles. The van der Waals surface area contributed by atoms with Crippen molar-refractivity contribution in [2.24, 2.45) is 0 Å². The molecule has 0 amide bonds. The first-order valence-electron chi connectivity index (χ1n) is 7.82. The highest BCUT2D eigenvalue weighted by molar-refractivity contribution is 5.85. The molecule has 0 bridgehead atoms. The van der Waals surface area contributed by atoms with Gasteiger partial charge >= 0.3 is 0 Å². The first-order valence-corrected chi connectivity index (χ1v) is 7.82. The molecule has 0 atom stereocenters. The summed E-state index contributed by atoms with van der Waals surface area (Å²) in [5, 5.41) is 0. The van der Waals surface area contributed by atoms with Crippen molar-refractivity contribution in [3.05, 3.63) is 134 Å². The molecule has 0 aliphatic rings. The summed E-state index contributed by atoms with van der Waals surface area (Å²) in [7, 11) is 0. The van der Waals surface area contributed by atoms with Crippen molar-refractivity contribution in [2.45, 2.75) is 0 Å². The molecule has 2 aromatic rings. The average Bonchev–Trinajstić information content (AvgIpc) is 2.64. The summed E-state index contributed by atoms with van der Waals surface area (Å²) in [5.41, 5.74) is 5.88. The third-order valence-electron chi connectivity index (χ3n) is 3.71. The molecule has 0 aliphatic carbocycles. The lowest BCUT2D eigenvalue weighted by Gasteiger charge is -2.11. The van der Waals surface area contributed by atoms with Crippen LogP contribution in [0.15, 0.2) is 122 Å². The number of allylic oxidation sites excluding steroid dienone is 8. The van der Waals surface area contributed by atoms with Crippen molar-refractivity contribution in [1.29, 1.82) is 0 Å². The molecule has 0 saturated carbocycles.